The van der Waals surface area contributed by atoms with Crippen LogP contribution in [0.1, 0.15) is 27.4 Å². The SMILES string of the molecule is Cn1cc([C@H](C(=O)c2ccccc2)c2ccccc2)c2ccccc21. The lowest BCUT2D eigenvalue weighted by atomic mass is 9.85. The Morgan fingerprint density at radius 2 is 1.40 bits per heavy atom. The number of carbonyl (C=O) groups is 1. The van der Waals surface area contributed by atoms with E-state index in [1.165, 1.54) is 0 Å². The number of carbonyl (C=O) groups excluding carboxylic acids is 1. The number of aryl methyl sites for hydroxylation is 1. The molecule has 0 spiro atoms. The van der Waals surface area contributed by atoms with Crippen molar-refractivity contribution in [2.24, 2.45) is 7.05 Å². The third-order valence-corrected chi connectivity index (χ3v) is 4.69. The molecule has 4 rings (SSSR count). The van der Waals surface area contributed by atoms with Crippen LogP contribution in [0.4, 0.5) is 0 Å². The predicted molar refractivity (Wildman–Crippen MR) is 102 cm³/mol. The lowest BCUT2D eigenvalue weighted by Crippen LogP contribution is -2.14. The molecule has 122 valence electrons. The van der Waals surface area contributed by atoms with Crippen molar-refractivity contribution in [3.8, 4) is 0 Å². The van der Waals surface area contributed by atoms with Gasteiger partial charge >= 0.3 is 0 Å². The molecule has 4 aromatic rings. The Morgan fingerprint density at radius 1 is 0.800 bits per heavy atom. The highest BCUT2D eigenvalue weighted by atomic mass is 16.1. The monoisotopic (exact) mass is 325 g/mol. The van der Waals surface area contributed by atoms with Gasteiger partial charge in [-0.25, -0.2) is 0 Å². The molecule has 0 bridgehead atoms. The Balaban J connectivity index is 1.93. The molecule has 0 aliphatic rings. The molecule has 3 aromatic carbocycles. The van der Waals surface area contributed by atoms with E-state index in [2.05, 4.69) is 22.9 Å². The second-order valence-corrected chi connectivity index (χ2v) is 6.29. The standard InChI is InChI=1S/C23H19NO/c1-24-16-20(19-14-8-9-15-21(19)24)22(17-10-4-2-5-11-17)23(25)18-12-6-3-7-13-18/h2-16,22H,1H3/t22-/m1/s1. The molecule has 0 radical (unpaired) electrons. The van der Waals surface area contributed by atoms with Gasteiger partial charge in [0.05, 0.1) is 5.92 Å². The van der Waals surface area contributed by atoms with Crippen molar-refractivity contribution in [3.05, 3.63) is 108 Å². The Hall–Kier alpha value is -3.13. The van der Waals surface area contributed by atoms with Crippen molar-refractivity contribution in [2.75, 3.05) is 0 Å². The van der Waals surface area contributed by atoms with Crippen LogP contribution in [0.3, 0.4) is 0 Å². The highest BCUT2D eigenvalue weighted by Crippen LogP contribution is 2.34. The molecule has 0 fully saturated rings. The molecule has 1 atom stereocenters. The molecular weight excluding hydrogens is 306 g/mol. The van der Waals surface area contributed by atoms with Gasteiger partial charge in [0.2, 0.25) is 0 Å². The topological polar surface area (TPSA) is 22.0 Å². The summed E-state index contributed by atoms with van der Waals surface area (Å²) in [7, 11) is 2.03. The molecule has 0 aliphatic carbocycles. The number of ketones is 1. The number of hydrogen-bond acceptors (Lipinski definition) is 1. The predicted octanol–water partition coefficient (Wildman–Crippen LogP) is 5.19. The average Bonchev–Trinajstić information content (AvgIpc) is 3.00. The van der Waals surface area contributed by atoms with Gasteiger partial charge in [0.25, 0.3) is 0 Å². The fraction of sp³-hybridized carbons (Fsp3) is 0.0870. The van der Waals surface area contributed by atoms with Crippen LogP contribution in [0, 0.1) is 0 Å². The van der Waals surface area contributed by atoms with Crippen LogP contribution >= 0.6 is 0 Å². The van der Waals surface area contributed by atoms with Gasteiger partial charge in [0, 0.05) is 29.7 Å². The zero-order valence-electron chi connectivity index (χ0n) is 14.1. The van der Waals surface area contributed by atoms with Crippen molar-refractivity contribution < 1.29 is 4.79 Å². The number of benzene rings is 3. The molecule has 0 N–H and O–H groups in total. The van der Waals surface area contributed by atoms with Crippen LogP contribution in [0.2, 0.25) is 0 Å². The first-order valence-corrected chi connectivity index (χ1v) is 8.44. The van der Waals surface area contributed by atoms with Crippen LogP contribution in [-0.2, 0) is 7.05 Å². The van der Waals surface area contributed by atoms with Crippen LogP contribution in [0.5, 0.6) is 0 Å². The number of rotatable bonds is 4. The van der Waals surface area contributed by atoms with Crippen LogP contribution in [0.25, 0.3) is 10.9 Å². The van der Waals surface area contributed by atoms with Gasteiger partial charge in [-0.15, -0.1) is 0 Å². The van der Waals surface area contributed by atoms with Crippen LogP contribution < -0.4 is 0 Å². The quantitative estimate of drug-likeness (QED) is 0.473. The van der Waals surface area contributed by atoms with Gasteiger partial charge in [-0.1, -0.05) is 78.9 Å². The number of para-hydroxylation sites is 1. The number of fused-ring (bicyclic) bond motifs is 1. The van der Waals surface area contributed by atoms with Crippen molar-refractivity contribution in [3.63, 3.8) is 0 Å². The Kier molecular flexibility index (Phi) is 3.95. The maximum atomic E-state index is 13.4. The molecule has 0 saturated heterocycles. The highest BCUT2D eigenvalue weighted by Gasteiger charge is 2.26. The molecule has 0 saturated carbocycles. The fourth-order valence-electron chi connectivity index (χ4n) is 3.49. The molecule has 0 unspecified atom stereocenters. The normalized spacial score (nSPS) is 12.2. The van der Waals surface area contributed by atoms with Gasteiger partial charge in [0.15, 0.2) is 5.78 Å². The maximum absolute atomic E-state index is 13.4. The van der Waals surface area contributed by atoms with Crippen LogP contribution in [-0.4, -0.2) is 10.4 Å². The van der Waals surface area contributed by atoms with Gasteiger partial charge in [-0.05, 0) is 17.2 Å². The first-order chi connectivity index (χ1) is 12.3. The van der Waals surface area contributed by atoms with E-state index in [0.29, 0.717) is 0 Å². The summed E-state index contributed by atoms with van der Waals surface area (Å²) in [6.45, 7) is 0. The van der Waals surface area contributed by atoms with Gasteiger partial charge < -0.3 is 4.57 Å². The van der Waals surface area contributed by atoms with Crippen molar-refractivity contribution >= 4 is 16.7 Å². The maximum Gasteiger partial charge on any atom is 0.174 e. The van der Waals surface area contributed by atoms with E-state index in [0.717, 1.165) is 27.6 Å². The zero-order chi connectivity index (χ0) is 17.2. The number of nitrogens with zero attached hydrogens (tertiary/aromatic N) is 1. The van der Waals surface area contributed by atoms with E-state index >= 15 is 0 Å². The molecule has 1 aromatic heterocycles. The summed E-state index contributed by atoms with van der Waals surface area (Å²) in [5, 5.41) is 1.13. The average molecular weight is 325 g/mol. The Bertz CT molecular complexity index is 1020. The largest absolute Gasteiger partial charge is 0.350 e. The molecule has 1 heterocycles. The first-order valence-electron chi connectivity index (χ1n) is 8.44. The summed E-state index contributed by atoms with van der Waals surface area (Å²) < 4.78 is 2.10. The third kappa shape index (κ3) is 2.76. The summed E-state index contributed by atoms with van der Waals surface area (Å²) in [6, 6.07) is 27.8. The smallest absolute Gasteiger partial charge is 0.174 e. The van der Waals surface area contributed by atoms with E-state index in [1.807, 2.05) is 79.8 Å². The third-order valence-electron chi connectivity index (χ3n) is 4.69. The Labute approximate surface area is 147 Å². The second-order valence-electron chi connectivity index (χ2n) is 6.29. The molecule has 25 heavy (non-hydrogen) atoms. The lowest BCUT2D eigenvalue weighted by Gasteiger charge is -2.16. The van der Waals surface area contributed by atoms with Gasteiger partial charge in [0.1, 0.15) is 0 Å². The number of Topliss-reactive ketones (excluding diaryl/α,β-unsaturated/α-hetero) is 1. The number of hydrogen-bond donors (Lipinski definition) is 0. The van der Waals surface area contributed by atoms with E-state index in [9.17, 15) is 4.79 Å². The highest BCUT2D eigenvalue weighted by molar-refractivity contribution is 6.05. The summed E-state index contributed by atoms with van der Waals surface area (Å²) in [6.07, 6.45) is 2.09. The van der Waals surface area contributed by atoms with E-state index in [1.54, 1.807) is 0 Å². The molecule has 0 aliphatic heterocycles. The molecular formula is C23H19NO. The summed E-state index contributed by atoms with van der Waals surface area (Å²) in [5.41, 5.74) is 3.95. The number of aromatic nitrogens is 1. The van der Waals surface area contributed by atoms with E-state index < -0.39 is 0 Å². The zero-order valence-corrected chi connectivity index (χ0v) is 14.1. The minimum atomic E-state index is -0.310. The first kappa shape index (κ1) is 15.4. The van der Waals surface area contributed by atoms with Crippen molar-refractivity contribution in [1.29, 1.82) is 0 Å². The van der Waals surface area contributed by atoms with Crippen LogP contribution in [0.15, 0.2) is 91.1 Å². The van der Waals surface area contributed by atoms with Crippen molar-refractivity contribution in [2.45, 2.75) is 5.92 Å². The molecule has 2 heteroatoms. The minimum absolute atomic E-state index is 0.128. The van der Waals surface area contributed by atoms with E-state index in [4.69, 9.17) is 0 Å². The lowest BCUT2D eigenvalue weighted by molar-refractivity contribution is 0.0974. The van der Waals surface area contributed by atoms with Gasteiger partial charge in [-0.3, -0.25) is 4.79 Å². The Morgan fingerprint density at radius 3 is 2.12 bits per heavy atom. The molecule has 0 amide bonds. The fourth-order valence-corrected chi connectivity index (χ4v) is 3.49. The second kappa shape index (κ2) is 6.40. The molecule has 2 nitrogen and oxygen atoms in total. The summed E-state index contributed by atoms with van der Waals surface area (Å²) in [4.78, 5) is 13.4. The van der Waals surface area contributed by atoms with E-state index in [-0.39, 0.29) is 11.7 Å². The summed E-state index contributed by atoms with van der Waals surface area (Å²) >= 11 is 0. The minimum Gasteiger partial charge on any atom is -0.350 e. The summed E-state index contributed by atoms with van der Waals surface area (Å²) in [5.74, 6) is -0.183. The van der Waals surface area contributed by atoms with Crippen molar-refractivity contribution in [1.82, 2.24) is 4.57 Å². The van der Waals surface area contributed by atoms with Gasteiger partial charge in [-0.2, -0.15) is 0 Å².